The molecule has 0 aromatic heterocycles. The van der Waals surface area contributed by atoms with E-state index < -0.39 is 0 Å². The van der Waals surface area contributed by atoms with E-state index in [1.807, 2.05) is 0 Å². The van der Waals surface area contributed by atoms with Crippen molar-refractivity contribution in [3.05, 3.63) is 29.3 Å². The fourth-order valence-electron chi connectivity index (χ4n) is 2.64. The summed E-state index contributed by atoms with van der Waals surface area (Å²) >= 11 is 2.13. The number of hydrogen-bond acceptors (Lipinski definition) is 3. The second-order valence-electron chi connectivity index (χ2n) is 7.06. The van der Waals surface area contributed by atoms with Crippen LogP contribution in [0.15, 0.2) is 18.2 Å². The maximum Gasteiger partial charge on any atom is 0.0369 e. The highest BCUT2D eigenvalue weighted by Crippen LogP contribution is 2.27. The highest BCUT2D eigenvalue weighted by atomic mass is 32.2. The second-order valence-corrected chi connectivity index (χ2v) is 8.47. The van der Waals surface area contributed by atoms with Crippen LogP contribution in [0, 0.1) is 6.92 Å². The van der Waals surface area contributed by atoms with Crippen LogP contribution in [0.25, 0.3) is 0 Å². The summed E-state index contributed by atoms with van der Waals surface area (Å²) in [7, 11) is 0. The molecule has 1 N–H and O–H groups in total. The Hall–Kier alpha value is -0.670. The smallest absolute Gasteiger partial charge is 0.0369 e. The van der Waals surface area contributed by atoms with Crippen LogP contribution in [-0.2, 0) is 6.54 Å². The van der Waals surface area contributed by atoms with Crippen molar-refractivity contribution in [3.63, 3.8) is 0 Å². The molecule has 1 aromatic carbocycles. The van der Waals surface area contributed by atoms with E-state index in [-0.39, 0.29) is 5.54 Å². The highest BCUT2D eigenvalue weighted by molar-refractivity contribution is 8.00. The molecule has 0 radical (unpaired) electrons. The molecule has 0 saturated carbocycles. The van der Waals surface area contributed by atoms with Gasteiger partial charge in [-0.15, -0.1) is 0 Å². The average Bonchev–Trinajstić information content (AvgIpc) is 2.45. The molecule has 118 valence electrons. The van der Waals surface area contributed by atoms with E-state index in [0.717, 1.165) is 11.8 Å². The van der Waals surface area contributed by atoms with Gasteiger partial charge in [-0.25, -0.2) is 0 Å². The predicted octanol–water partition coefficient (Wildman–Crippen LogP) is 4.21. The summed E-state index contributed by atoms with van der Waals surface area (Å²) in [5, 5.41) is 4.37. The Kier molecular flexibility index (Phi) is 5.61. The van der Waals surface area contributed by atoms with Crippen molar-refractivity contribution < 1.29 is 0 Å². The Morgan fingerprint density at radius 2 is 2.10 bits per heavy atom. The number of thioether (sulfide) groups is 1. The van der Waals surface area contributed by atoms with E-state index in [0.29, 0.717) is 0 Å². The van der Waals surface area contributed by atoms with Gasteiger partial charge >= 0.3 is 0 Å². The summed E-state index contributed by atoms with van der Waals surface area (Å²) in [4.78, 5) is 2.55. The Labute approximate surface area is 134 Å². The maximum atomic E-state index is 3.58. The first-order valence-corrected chi connectivity index (χ1v) is 9.15. The van der Waals surface area contributed by atoms with Gasteiger partial charge in [0.1, 0.15) is 0 Å². The molecular formula is C18H30N2S. The second kappa shape index (κ2) is 7.06. The van der Waals surface area contributed by atoms with Crippen LogP contribution in [0.3, 0.4) is 0 Å². The number of benzene rings is 1. The topological polar surface area (TPSA) is 15.3 Å². The Balaban J connectivity index is 2.04. The summed E-state index contributed by atoms with van der Waals surface area (Å²) < 4.78 is 0. The molecule has 2 rings (SSSR count). The maximum absolute atomic E-state index is 3.58. The molecule has 1 saturated heterocycles. The minimum absolute atomic E-state index is 0.170. The fourth-order valence-corrected chi connectivity index (χ4v) is 3.82. The van der Waals surface area contributed by atoms with Gasteiger partial charge in [0, 0.05) is 41.9 Å². The summed E-state index contributed by atoms with van der Waals surface area (Å²) in [6.45, 7) is 14.5. The Morgan fingerprint density at radius 1 is 1.33 bits per heavy atom. The number of rotatable bonds is 4. The molecule has 0 amide bonds. The first-order valence-electron chi connectivity index (χ1n) is 8.10. The largest absolute Gasteiger partial charge is 0.370 e. The van der Waals surface area contributed by atoms with Gasteiger partial charge in [0.2, 0.25) is 0 Å². The zero-order chi connectivity index (χ0) is 15.5. The molecule has 1 aliphatic heterocycles. The van der Waals surface area contributed by atoms with E-state index in [1.54, 1.807) is 0 Å². The summed E-state index contributed by atoms with van der Waals surface area (Å²) in [5.74, 6) is 1.25. The first kappa shape index (κ1) is 16.7. The zero-order valence-electron chi connectivity index (χ0n) is 14.2. The lowest BCUT2D eigenvalue weighted by molar-refractivity contribution is 0.424. The normalized spacial score (nSPS) is 19.9. The number of hydrogen-bond donors (Lipinski definition) is 1. The van der Waals surface area contributed by atoms with E-state index in [2.05, 4.69) is 74.8 Å². The van der Waals surface area contributed by atoms with Crippen LogP contribution in [0.1, 0.15) is 45.2 Å². The number of nitrogens with zero attached hydrogens (tertiary/aromatic N) is 1. The standard InChI is InChI=1S/C18H30N2S/c1-6-17-13-20(9-10-21-17)16-8-7-15(14(2)11-16)12-19-18(3,4)5/h7-8,11,17,19H,6,9-10,12-13H2,1-5H3. The van der Waals surface area contributed by atoms with Gasteiger partial charge in [0.15, 0.2) is 0 Å². The third-order valence-corrected chi connectivity index (χ3v) is 5.47. The third kappa shape index (κ3) is 4.93. The lowest BCUT2D eigenvalue weighted by Crippen LogP contribution is -2.37. The number of aryl methyl sites for hydroxylation is 1. The van der Waals surface area contributed by atoms with Crippen molar-refractivity contribution in [2.75, 3.05) is 23.7 Å². The molecule has 1 atom stereocenters. The SMILES string of the molecule is CCC1CN(c2ccc(CNC(C)(C)C)c(C)c2)CCS1. The first-order chi connectivity index (χ1) is 9.89. The van der Waals surface area contributed by atoms with Crippen LogP contribution in [0.4, 0.5) is 5.69 Å². The van der Waals surface area contributed by atoms with Gasteiger partial charge in [-0.05, 0) is 57.4 Å². The van der Waals surface area contributed by atoms with Gasteiger partial charge in [-0.3, -0.25) is 0 Å². The van der Waals surface area contributed by atoms with Crippen LogP contribution in [0.2, 0.25) is 0 Å². The molecule has 1 unspecified atom stereocenters. The van der Waals surface area contributed by atoms with Crippen LogP contribution >= 0.6 is 11.8 Å². The lowest BCUT2D eigenvalue weighted by Gasteiger charge is -2.34. The monoisotopic (exact) mass is 306 g/mol. The summed E-state index contributed by atoms with van der Waals surface area (Å²) in [6, 6.07) is 6.96. The molecular weight excluding hydrogens is 276 g/mol. The predicted molar refractivity (Wildman–Crippen MR) is 96.5 cm³/mol. The van der Waals surface area contributed by atoms with Crippen molar-refractivity contribution in [1.29, 1.82) is 0 Å². The van der Waals surface area contributed by atoms with Crippen molar-refractivity contribution >= 4 is 17.4 Å². The summed E-state index contributed by atoms with van der Waals surface area (Å²) in [5.41, 5.74) is 4.37. The van der Waals surface area contributed by atoms with Gasteiger partial charge < -0.3 is 10.2 Å². The molecule has 0 spiro atoms. The highest BCUT2D eigenvalue weighted by Gasteiger charge is 2.19. The van der Waals surface area contributed by atoms with E-state index >= 15 is 0 Å². The lowest BCUT2D eigenvalue weighted by atomic mass is 10.0. The van der Waals surface area contributed by atoms with Gasteiger partial charge in [-0.1, -0.05) is 13.0 Å². The van der Waals surface area contributed by atoms with Gasteiger partial charge in [-0.2, -0.15) is 11.8 Å². The van der Waals surface area contributed by atoms with Gasteiger partial charge in [0.25, 0.3) is 0 Å². The molecule has 0 aliphatic carbocycles. The Morgan fingerprint density at radius 3 is 2.71 bits per heavy atom. The summed E-state index contributed by atoms with van der Waals surface area (Å²) in [6.07, 6.45) is 1.27. The zero-order valence-corrected chi connectivity index (χ0v) is 15.0. The molecule has 1 heterocycles. The van der Waals surface area contributed by atoms with Crippen LogP contribution in [0.5, 0.6) is 0 Å². The van der Waals surface area contributed by atoms with Crippen molar-refractivity contribution in [2.45, 2.75) is 58.4 Å². The molecule has 2 nitrogen and oxygen atoms in total. The van der Waals surface area contributed by atoms with Crippen molar-refractivity contribution in [1.82, 2.24) is 5.32 Å². The molecule has 21 heavy (non-hydrogen) atoms. The van der Waals surface area contributed by atoms with E-state index in [4.69, 9.17) is 0 Å². The van der Waals surface area contributed by atoms with E-state index in [9.17, 15) is 0 Å². The minimum Gasteiger partial charge on any atom is -0.370 e. The van der Waals surface area contributed by atoms with Crippen LogP contribution < -0.4 is 10.2 Å². The molecule has 1 fully saturated rings. The average molecular weight is 307 g/mol. The van der Waals surface area contributed by atoms with Crippen molar-refractivity contribution in [3.8, 4) is 0 Å². The number of anilines is 1. The quantitative estimate of drug-likeness (QED) is 0.897. The van der Waals surface area contributed by atoms with Crippen LogP contribution in [-0.4, -0.2) is 29.6 Å². The number of nitrogens with one attached hydrogen (secondary N) is 1. The Bertz CT molecular complexity index is 465. The fraction of sp³-hybridized carbons (Fsp3) is 0.667. The van der Waals surface area contributed by atoms with Crippen molar-refractivity contribution in [2.24, 2.45) is 0 Å². The van der Waals surface area contributed by atoms with E-state index in [1.165, 1.54) is 42.1 Å². The molecule has 1 aliphatic rings. The molecule has 1 aromatic rings. The minimum atomic E-state index is 0.170. The van der Waals surface area contributed by atoms with Gasteiger partial charge in [0.05, 0.1) is 0 Å². The molecule has 3 heteroatoms. The third-order valence-electron chi connectivity index (χ3n) is 4.09. The molecule has 0 bridgehead atoms.